The summed E-state index contributed by atoms with van der Waals surface area (Å²) in [6, 6.07) is 2.48. The van der Waals surface area contributed by atoms with Crippen LogP contribution in [0.2, 0.25) is 0 Å². The zero-order valence-electron chi connectivity index (χ0n) is 13.4. The maximum Gasteiger partial charge on any atom is 0.416 e. The van der Waals surface area contributed by atoms with E-state index in [9.17, 15) is 17.6 Å². The normalized spacial score (nSPS) is 18.1. The molecule has 23 heavy (non-hydrogen) atoms. The fraction of sp³-hybridized carbons (Fsp3) is 0.647. The molecule has 1 N–H and O–H groups in total. The highest BCUT2D eigenvalue weighted by molar-refractivity contribution is 5.29. The van der Waals surface area contributed by atoms with Crippen LogP contribution in [0.3, 0.4) is 0 Å². The minimum Gasteiger partial charge on any atom is -0.314 e. The summed E-state index contributed by atoms with van der Waals surface area (Å²) in [5.74, 6) is -0.543. The smallest absolute Gasteiger partial charge is 0.314 e. The standard InChI is InChI=1S/C17H24F4N2/c1-2-3-4-5-16(23-10-8-22-9-11-23)14-12-13(17(19,20)21)6-7-15(14)18/h6-7,12,16,22H,2-5,8-11H2,1H3/t16-/m1/s1. The number of piperazine rings is 1. The van der Waals surface area contributed by atoms with Crippen LogP contribution in [-0.4, -0.2) is 31.1 Å². The molecule has 0 radical (unpaired) electrons. The van der Waals surface area contributed by atoms with Gasteiger partial charge in [0.25, 0.3) is 0 Å². The van der Waals surface area contributed by atoms with Gasteiger partial charge in [-0.1, -0.05) is 26.2 Å². The first kappa shape index (κ1) is 18.2. The molecule has 1 heterocycles. The first-order chi connectivity index (χ1) is 10.9. The molecule has 130 valence electrons. The lowest BCUT2D eigenvalue weighted by Crippen LogP contribution is -2.45. The Hall–Kier alpha value is -1.14. The van der Waals surface area contributed by atoms with E-state index in [1.54, 1.807) is 0 Å². The lowest BCUT2D eigenvalue weighted by molar-refractivity contribution is -0.137. The van der Waals surface area contributed by atoms with Gasteiger partial charge in [-0.3, -0.25) is 4.90 Å². The zero-order chi connectivity index (χ0) is 16.9. The predicted molar refractivity (Wildman–Crippen MR) is 82.7 cm³/mol. The third-order valence-corrected chi connectivity index (χ3v) is 4.36. The highest BCUT2D eigenvalue weighted by Gasteiger charge is 2.33. The minimum absolute atomic E-state index is 0.179. The monoisotopic (exact) mass is 332 g/mol. The van der Waals surface area contributed by atoms with Crippen LogP contribution in [0.1, 0.15) is 49.8 Å². The summed E-state index contributed by atoms with van der Waals surface area (Å²) >= 11 is 0. The second kappa shape index (κ2) is 8.11. The van der Waals surface area contributed by atoms with E-state index >= 15 is 0 Å². The van der Waals surface area contributed by atoms with E-state index < -0.39 is 17.6 Å². The van der Waals surface area contributed by atoms with Crippen LogP contribution in [-0.2, 0) is 6.18 Å². The molecular formula is C17H24F4N2. The van der Waals surface area contributed by atoms with Gasteiger partial charge in [-0.25, -0.2) is 4.39 Å². The van der Waals surface area contributed by atoms with Crippen molar-refractivity contribution in [2.24, 2.45) is 0 Å². The van der Waals surface area contributed by atoms with E-state index in [0.717, 1.165) is 63.6 Å². The van der Waals surface area contributed by atoms with Gasteiger partial charge in [0.2, 0.25) is 0 Å². The molecule has 1 aromatic carbocycles. The number of hydrogen-bond donors (Lipinski definition) is 1. The summed E-state index contributed by atoms with van der Waals surface area (Å²) in [5, 5.41) is 3.22. The maximum atomic E-state index is 14.3. The van der Waals surface area contributed by atoms with E-state index in [1.165, 1.54) is 0 Å². The van der Waals surface area contributed by atoms with E-state index in [2.05, 4.69) is 17.1 Å². The lowest BCUT2D eigenvalue weighted by Gasteiger charge is -2.35. The Bertz CT molecular complexity index is 496. The molecule has 0 saturated carbocycles. The third kappa shape index (κ3) is 4.91. The number of hydrogen-bond acceptors (Lipinski definition) is 2. The number of halogens is 4. The fourth-order valence-corrected chi connectivity index (χ4v) is 3.09. The average Bonchev–Trinajstić information content (AvgIpc) is 2.52. The molecule has 2 rings (SSSR count). The molecule has 0 unspecified atom stereocenters. The minimum atomic E-state index is -4.44. The Morgan fingerprint density at radius 2 is 1.87 bits per heavy atom. The number of benzene rings is 1. The number of unbranched alkanes of at least 4 members (excludes halogenated alkanes) is 2. The van der Waals surface area contributed by atoms with Crippen LogP contribution < -0.4 is 5.32 Å². The Kier molecular flexibility index (Phi) is 6.41. The topological polar surface area (TPSA) is 15.3 Å². The summed E-state index contributed by atoms with van der Waals surface area (Å²) in [4.78, 5) is 2.10. The Labute approximate surface area is 134 Å². The molecule has 2 nitrogen and oxygen atoms in total. The highest BCUT2D eigenvalue weighted by Crippen LogP contribution is 2.35. The van der Waals surface area contributed by atoms with Crippen molar-refractivity contribution < 1.29 is 17.6 Å². The summed E-state index contributed by atoms with van der Waals surface area (Å²) in [6.07, 6.45) is -0.838. The maximum absolute atomic E-state index is 14.3. The van der Waals surface area contributed by atoms with Crippen molar-refractivity contribution in [1.82, 2.24) is 10.2 Å². The average molecular weight is 332 g/mol. The van der Waals surface area contributed by atoms with E-state index in [4.69, 9.17) is 0 Å². The van der Waals surface area contributed by atoms with Crippen molar-refractivity contribution >= 4 is 0 Å². The Balaban J connectivity index is 2.29. The third-order valence-electron chi connectivity index (χ3n) is 4.36. The van der Waals surface area contributed by atoms with Crippen LogP contribution in [0.25, 0.3) is 0 Å². The number of nitrogens with one attached hydrogen (secondary N) is 1. The van der Waals surface area contributed by atoms with Gasteiger partial charge in [-0.05, 0) is 24.6 Å². The first-order valence-corrected chi connectivity index (χ1v) is 8.25. The highest BCUT2D eigenvalue weighted by atomic mass is 19.4. The molecule has 1 aliphatic rings. The molecule has 1 aliphatic heterocycles. The van der Waals surface area contributed by atoms with Crippen molar-refractivity contribution in [3.05, 3.63) is 35.1 Å². The lowest BCUT2D eigenvalue weighted by atomic mass is 9.96. The number of alkyl halides is 3. The van der Waals surface area contributed by atoms with Crippen molar-refractivity contribution in [2.45, 2.75) is 44.8 Å². The molecule has 1 saturated heterocycles. The van der Waals surface area contributed by atoms with Crippen LogP contribution in [0.4, 0.5) is 17.6 Å². The van der Waals surface area contributed by atoms with Gasteiger partial charge >= 0.3 is 6.18 Å². The van der Waals surface area contributed by atoms with E-state index in [-0.39, 0.29) is 11.6 Å². The number of nitrogens with zero attached hydrogens (tertiary/aromatic N) is 1. The molecule has 0 amide bonds. The SMILES string of the molecule is CCCCC[C@H](c1cc(C(F)(F)F)ccc1F)N1CCNCC1. The summed E-state index contributed by atoms with van der Waals surface area (Å²) in [6.45, 7) is 5.10. The first-order valence-electron chi connectivity index (χ1n) is 8.25. The molecule has 1 aromatic rings. The van der Waals surface area contributed by atoms with Gasteiger partial charge in [0.15, 0.2) is 0 Å². The largest absolute Gasteiger partial charge is 0.416 e. The molecule has 0 bridgehead atoms. The molecule has 1 fully saturated rings. The molecule has 1 atom stereocenters. The molecule has 6 heteroatoms. The summed E-state index contributed by atoms with van der Waals surface area (Å²) < 4.78 is 53.2. The van der Waals surface area contributed by atoms with Gasteiger partial charge in [-0.15, -0.1) is 0 Å². The second-order valence-electron chi connectivity index (χ2n) is 6.03. The van der Waals surface area contributed by atoms with Crippen molar-refractivity contribution in [3.8, 4) is 0 Å². The van der Waals surface area contributed by atoms with Gasteiger partial charge in [0.05, 0.1) is 5.56 Å². The predicted octanol–water partition coefficient (Wildman–Crippen LogP) is 4.37. The molecule has 0 aromatic heterocycles. The fourth-order valence-electron chi connectivity index (χ4n) is 3.09. The van der Waals surface area contributed by atoms with E-state index in [0.29, 0.717) is 6.42 Å². The summed E-state index contributed by atoms with van der Waals surface area (Å²) in [7, 11) is 0. The Morgan fingerprint density at radius 1 is 1.17 bits per heavy atom. The Morgan fingerprint density at radius 3 is 2.48 bits per heavy atom. The van der Waals surface area contributed by atoms with Crippen LogP contribution >= 0.6 is 0 Å². The molecule has 0 spiro atoms. The van der Waals surface area contributed by atoms with Crippen LogP contribution in [0, 0.1) is 5.82 Å². The van der Waals surface area contributed by atoms with Crippen LogP contribution in [0.5, 0.6) is 0 Å². The molecule has 0 aliphatic carbocycles. The van der Waals surface area contributed by atoms with E-state index in [1.807, 2.05) is 0 Å². The second-order valence-corrected chi connectivity index (χ2v) is 6.03. The van der Waals surface area contributed by atoms with Crippen LogP contribution in [0.15, 0.2) is 18.2 Å². The number of rotatable bonds is 6. The van der Waals surface area contributed by atoms with Crippen molar-refractivity contribution in [3.63, 3.8) is 0 Å². The van der Waals surface area contributed by atoms with Gasteiger partial charge < -0.3 is 5.32 Å². The van der Waals surface area contributed by atoms with Crippen molar-refractivity contribution in [2.75, 3.05) is 26.2 Å². The zero-order valence-corrected chi connectivity index (χ0v) is 13.4. The van der Waals surface area contributed by atoms with Gasteiger partial charge in [0.1, 0.15) is 5.82 Å². The summed E-state index contributed by atoms with van der Waals surface area (Å²) in [5.41, 5.74) is -0.595. The van der Waals surface area contributed by atoms with Gasteiger partial charge in [-0.2, -0.15) is 13.2 Å². The quantitative estimate of drug-likeness (QED) is 0.615. The molecular weight excluding hydrogens is 308 g/mol. The van der Waals surface area contributed by atoms with Crippen molar-refractivity contribution in [1.29, 1.82) is 0 Å². The van der Waals surface area contributed by atoms with Gasteiger partial charge in [0, 0.05) is 37.8 Å².